The standard InChI is InChI=1S/C11H18N5O13P3S/c1-33-11-14-8(12)5-9(15-11)16(3-13-5)10-7(18)6(17)4(27-10)2-26-31(22,23)29-32(24,25)28-30(19,20)21/h3-4,6-7,10,17-18H,2H2,1H3,(H,22,23)(H,24,25)(H2,12,14,15)(H2,19,20,21)/p-4/t4-,6+,7?,10-/m1/s1. The van der Waals surface area contributed by atoms with Gasteiger partial charge in [0.1, 0.15) is 23.8 Å². The predicted molar refractivity (Wildman–Crippen MR) is 98.4 cm³/mol. The predicted octanol–water partition coefficient (Wildman–Crippen LogP) is -3.44. The number of hydrogen-bond acceptors (Lipinski definition) is 18. The van der Waals surface area contributed by atoms with Gasteiger partial charge in [0.05, 0.1) is 20.8 Å². The molecule has 1 aliphatic heterocycles. The second-order valence-electron chi connectivity index (χ2n) is 6.27. The molecule has 0 bridgehead atoms. The summed E-state index contributed by atoms with van der Waals surface area (Å²) in [6.45, 7) is -1.08. The maximum Gasteiger partial charge on any atom is 0.278 e. The molecule has 186 valence electrons. The SMILES string of the molecule is CSc1nc(N)c2ncn([C@@H]3O[C@H](COP(=O)([O-])OP(=O)([O-])OP(=O)([O-])[O-])[C@H](O)C3O)c2n1. The number of hydrogen-bond donors (Lipinski definition) is 3. The molecule has 3 heterocycles. The van der Waals surface area contributed by atoms with Crippen LogP contribution in [0, 0.1) is 0 Å². The van der Waals surface area contributed by atoms with Crippen LogP contribution < -0.4 is 25.3 Å². The number of phosphoric acid groups is 3. The minimum Gasteiger partial charge on any atom is -0.790 e. The van der Waals surface area contributed by atoms with Crippen LogP contribution in [0.3, 0.4) is 0 Å². The molecule has 0 aromatic carbocycles. The Balaban J connectivity index is 1.73. The molecule has 1 fully saturated rings. The van der Waals surface area contributed by atoms with Crippen LogP contribution >= 0.6 is 35.2 Å². The summed E-state index contributed by atoms with van der Waals surface area (Å²) in [6, 6.07) is 0. The number of phosphoric ester groups is 1. The lowest BCUT2D eigenvalue weighted by Gasteiger charge is -2.37. The fourth-order valence-electron chi connectivity index (χ4n) is 2.74. The summed E-state index contributed by atoms with van der Waals surface area (Å²) in [6.07, 6.45) is -3.44. The molecule has 6 atom stereocenters. The van der Waals surface area contributed by atoms with Crippen molar-refractivity contribution in [2.24, 2.45) is 0 Å². The van der Waals surface area contributed by atoms with Gasteiger partial charge in [0.2, 0.25) is 0 Å². The number of imidazole rings is 1. The molecule has 0 spiro atoms. The number of nitrogens with two attached hydrogens (primary N) is 1. The van der Waals surface area contributed by atoms with Crippen molar-refractivity contribution in [1.82, 2.24) is 19.5 Å². The summed E-state index contributed by atoms with van der Waals surface area (Å²) in [7, 11) is -18.1. The Morgan fingerprint density at radius 2 is 1.82 bits per heavy atom. The van der Waals surface area contributed by atoms with Crippen LogP contribution in [0.1, 0.15) is 6.23 Å². The third kappa shape index (κ3) is 6.36. The number of nitrogen functional groups attached to an aromatic ring is 1. The number of nitrogens with zero attached hydrogens (tertiary/aromatic N) is 4. The number of fused-ring (bicyclic) bond motifs is 1. The van der Waals surface area contributed by atoms with E-state index in [9.17, 15) is 43.5 Å². The van der Waals surface area contributed by atoms with Gasteiger partial charge in [-0.3, -0.25) is 18.0 Å². The van der Waals surface area contributed by atoms with Crippen LogP contribution in [0.25, 0.3) is 11.2 Å². The number of anilines is 1. The molecular formula is C11H14N5O13P3S-4. The normalized spacial score (nSPS) is 27.5. The van der Waals surface area contributed by atoms with E-state index in [1.54, 1.807) is 6.26 Å². The van der Waals surface area contributed by atoms with E-state index < -0.39 is 54.6 Å². The van der Waals surface area contributed by atoms with Gasteiger partial charge in [0.25, 0.3) is 15.6 Å². The monoisotopic (exact) mass is 549 g/mol. The molecular weight excluding hydrogens is 535 g/mol. The van der Waals surface area contributed by atoms with E-state index >= 15 is 0 Å². The van der Waals surface area contributed by atoms with Gasteiger partial charge in [-0.25, -0.2) is 19.3 Å². The summed E-state index contributed by atoms with van der Waals surface area (Å²) in [5.74, 6) is 0.0328. The minimum atomic E-state index is -6.15. The Bertz CT molecular complexity index is 1170. The van der Waals surface area contributed by atoms with E-state index in [2.05, 4.69) is 28.1 Å². The van der Waals surface area contributed by atoms with Crippen molar-refractivity contribution in [3.8, 4) is 0 Å². The fraction of sp³-hybridized carbons (Fsp3) is 0.545. The second-order valence-corrected chi connectivity index (χ2v) is 11.3. The highest BCUT2D eigenvalue weighted by molar-refractivity contribution is 7.98. The molecule has 33 heavy (non-hydrogen) atoms. The first-order valence-corrected chi connectivity index (χ1v) is 14.0. The zero-order chi connectivity index (χ0) is 24.8. The summed E-state index contributed by atoms with van der Waals surface area (Å²) < 4.78 is 50.5. The van der Waals surface area contributed by atoms with Gasteiger partial charge in [0.15, 0.2) is 22.8 Å². The molecule has 0 radical (unpaired) electrons. The van der Waals surface area contributed by atoms with Gasteiger partial charge >= 0.3 is 0 Å². The number of ether oxygens (including phenoxy) is 1. The van der Waals surface area contributed by atoms with Crippen molar-refractivity contribution in [2.45, 2.75) is 29.7 Å². The summed E-state index contributed by atoms with van der Waals surface area (Å²) in [4.78, 5) is 55.7. The smallest absolute Gasteiger partial charge is 0.278 e. The number of aliphatic hydroxyl groups is 2. The molecule has 22 heteroatoms. The molecule has 3 unspecified atom stereocenters. The second kappa shape index (κ2) is 9.56. The summed E-state index contributed by atoms with van der Waals surface area (Å²) >= 11 is 1.16. The van der Waals surface area contributed by atoms with Crippen LogP contribution in [0.4, 0.5) is 5.82 Å². The third-order valence-corrected chi connectivity index (χ3v) is 8.23. The van der Waals surface area contributed by atoms with Crippen LogP contribution in [0.2, 0.25) is 0 Å². The lowest BCUT2D eigenvalue weighted by atomic mass is 10.1. The molecule has 2 aromatic heterocycles. The lowest BCUT2D eigenvalue weighted by molar-refractivity contribution is -0.339. The molecule has 2 aromatic rings. The van der Waals surface area contributed by atoms with Crippen LogP contribution in [0.5, 0.6) is 0 Å². The topological polar surface area (TPSA) is 290 Å². The highest BCUT2D eigenvalue weighted by Crippen LogP contribution is 2.60. The molecule has 18 nitrogen and oxygen atoms in total. The van der Waals surface area contributed by atoms with Crippen molar-refractivity contribution in [3.05, 3.63) is 6.33 Å². The van der Waals surface area contributed by atoms with Crippen LogP contribution in [-0.4, -0.2) is 60.9 Å². The first-order chi connectivity index (χ1) is 15.1. The summed E-state index contributed by atoms with van der Waals surface area (Å²) in [5.41, 5.74) is 6.10. The minimum absolute atomic E-state index is 0.0328. The average Bonchev–Trinajstić information content (AvgIpc) is 3.19. The van der Waals surface area contributed by atoms with Gasteiger partial charge in [-0.2, -0.15) is 0 Å². The Kier molecular flexibility index (Phi) is 7.71. The van der Waals surface area contributed by atoms with E-state index in [1.165, 1.54) is 10.9 Å². The first-order valence-electron chi connectivity index (χ1n) is 8.39. The van der Waals surface area contributed by atoms with Crippen molar-refractivity contribution >= 4 is 52.2 Å². The Hall–Kier alpha value is -1.01. The molecule has 0 saturated carbocycles. The van der Waals surface area contributed by atoms with Crippen molar-refractivity contribution < 1.29 is 61.4 Å². The first kappa shape index (κ1) is 26.6. The zero-order valence-corrected chi connectivity index (χ0v) is 19.6. The highest BCUT2D eigenvalue weighted by atomic mass is 32.2. The number of thioether (sulfide) groups is 1. The van der Waals surface area contributed by atoms with Crippen LogP contribution in [-0.2, 0) is 31.6 Å². The largest absolute Gasteiger partial charge is 0.790 e. The Labute approximate surface area is 188 Å². The van der Waals surface area contributed by atoms with Gasteiger partial charge in [-0.1, -0.05) is 11.8 Å². The molecule has 3 rings (SSSR count). The van der Waals surface area contributed by atoms with E-state index in [1.807, 2.05) is 0 Å². The molecule has 1 saturated heterocycles. The Morgan fingerprint density at radius 3 is 2.42 bits per heavy atom. The van der Waals surface area contributed by atoms with Crippen molar-refractivity contribution in [3.63, 3.8) is 0 Å². The fourth-order valence-corrected chi connectivity index (χ4v) is 5.97. The van der Waals surface area contributed by atoms with Crippen molar-refractivity contribution in [1.29, 1.82) is 0 Å². The molecule has 0 amide bonds. The number of aliphatic hydroxyl groups excluding tert-OH is 2. The van der Waals surface area contributed by atoms with E-state index in [0.717, 1.165) is 11.8 Å². The lowest BCUT2D eigenvalue weighted by Crippen LogP contribution is -2.34. The zero-order valence-electron chi connectivity index (χ0n) is 16.1. The van der Waals surface area contributed by atoms with E-state index in [4.69, 9.17) is 10.5 Å². The van der Waals surface area contributed by atoms with E-state index in [0.29, 0.717) is 0 Å². The average molecular weight is 549 g/mol. The summed E-state index contributed by atoms with van der Waals surface area (Å²) in [5, 5.41) is 20.8. The maximum absolute atomic E-state index is 11.7. The van der Waals surface area contributed by atoms with E-state index in [-0.39, 0.29) is 22.1 Å². The van der Waals surface area contributed by atoms with Gasteiger partial charge in [0, 0.05) is 0 Å². The molecule has 0 aliphatic carbocycles. The third-order valence-electron chi connectivity index (χ3n) is 4.02. The molecule has 1 aliphatic rings. The Morgan fingerprint density at radius 1 is 1.15 bits per heavy atom. The highest BCUT2D eigenvalue weighted by Gasteiger charge is 2.45. The quantitative estimate of drug-likeness (QED) is 0.156. The number of rotatable bonds is 9. The van der Waals surface area contributed by atoms with Crippen molar-refractivity contribution in [2.75, 3.05) is 18.6 Å². The van der Waals surface area contributed by atoms with Crippen LogP contribution in [0.15, 0.2) is 11.5 Å². The van der Waals surface area contributed by atoms with Gasteiger partial charge in [-0.15, -0.1) is 0 Å². The molecule has 4 N–H and O–H groups in total. The maximum atomic E-state index is 11.7. The number of aromatic nitrogens is 4. The van der Waals surface area contributed by atoms with Gasteiger partial charge < -0.3 is 49.3 Å². The van der Waals surface area contributed by atoms with Gasteiger partial charge in [-0.05, 0) is 6.26 Å².